The molecule has 0 aliphatic rings. The van der Waals surface area contributed by atoms with Gasteiger partial charge in [0, 0.05) is 28.6 Å². The average Bonchev–Trinajstić information content (AvgIpc) is 2.42. The second-order valence-electron chi connectivity index (χ2n) is 4.37. The van der Waals surface area contributed by atoms with Crippen LogP contribution in [0.2, 0.25) is 10.0 Å². The summed E-state index contributed by atoms with van der Waals surface area (Å²) in [4.78, 5) is 12.5. The van der Waals surface area contributed by atoms with E-state index in [4.69, 9.17) is 39.4 Å². The van der Waals surface area contributed by atoms with Gasteiger partial charge >= 0.3 is 0 Å². The Balaban J connectivity index is 2.46. The highest BCUT2D eigenvalue weighted by atomic mass is 35.5. The molecule has 4 nitrogen and oxygen atoms in total. The van der Waals surface area contributed by atoms with Crippen molar-refractivity contribution in [1.82, 2.24) is 0 Å². The number of halogens is 2. The first kappa shape index (κ1) is 15.5. The van der Waals surface area contributed by atoms with E-state index in [0.717, 1.165) is 0 Å². The summed E-state index contributed by atoms with van der Waals surface area (Å²) in [5, 5.41) is 0.572. The molecule has 4 N–H and O–H groups in total. The number of carbonyl (C=O) groups is 1. The van der Waals surface area contributed by atoms with Crippen molar-refractivity contribution in [3.63, 3.8) is 0 Å². The van der Waals surface area contributed by atoms with Crippen LogP contribution in [-0.4, -0.2) is 12.4 Å². The summed E-state index contributed by atoms with van der Waals surface area (Å²) in [7, 11) is 0. The number of nitrogens with two attached hydrogens (primary N) is 2. The second-order valence-corrected chi connectivity index (χ2v) is 5.19. The first-order chi connectivity index (χ1) is 9.93. The van der Waals surface area contributed by atoms with Gasteiger partial charge in [0.15, 0.2) is 5.78 Å². The van der Waals surface area contributed by atoms with Crippen molar-refractivity contribution < 1.29 is 9.53 Å². The molecule has 2 aromatic rings. The maximum Gasteiger partial charge on any atom is 0.196 e. The summed E-state index contributed by atoms with van der Waals surface area (Å²) in [5.41, 5.74) is 12.8. The second kappa shape index (κ2) is 6.24. The standard InChI is InChI=1S/C15H14Cl2N2O2/c1-2-21-14-7-11(16)10(6-12(14)17)15(20)9-4-3-8(18)5-13(9)19/h3-7H,2,18-19H2,1H3. The molecule has 0 atom stereocenters. The van der Waals surface area contributed by atoms with E-state index in [2.05, 4.69) is 0 Å². The van der Waals surface area contributed by atoms with Crippen LogP contribution in [0.3, 0.4) is 0 Å². The minimum absolute atomic E-state index is 0.254. The summed E-state index contributed by atoms with van der Waals surface area (Å²) >= 11 is 12.2. The Morgan fingerprint density at radius 1 is 1.10 bits per heavy atom. The minimum atomic E-state index is -0.317. The van der Waals surface area contributed by atoms with E-state index in [1.807, 2.05) is 6.92 Å². The zero-order valence-corrected chi connectivity index (χ0v) is 12.8. The fraction of sp³-hybridized carbons (Fsp3) is 0.133. The van der Waals surface area contributed by atoms with Gasteiger partial charge < -0.3 is 16.2 Å². The first-order valence-corrected chi connectivity index (χ1v) is 7.01. The molecule has 0 saturated heterocycles. The van der Waals surface area contributed by atoms with Gasteiger partial charge in [-0.05, 0) is 31.2 Å². The topological polar surface area (TPSA) is 78.3 Å². The van der Waals surface area contributed by atoms with E-state index in [9.17, 15) is 4.79 Å². The molecule has 0 spiro atoms. The summed E-state index contributed by atoms with van der Waals surface area (Å²) in [6, 6.07) is 7.69. The molecule has 0 aromatic heterocycles. The molecule has 21 heavy (non-hydrogen) atoms. The lowest BCUT2D eigenvalue weighted by Crippen LogP contribution is -2.07. The van der Waals surface area contributed by atoms with Crippen molar-refractivity contribution in [2.75, 3.05) is 18.1 Å². The predicted molar refractivity (Wildman–Crippen MR) is 86.3 cm³/mol. The SMILES string of the molecule is CCOc1cc(Cl)c(C(=O)c2ccc(N)cc2N)cc1Cl. The highest BCUT2D eigenvalue weighted by molar-refractivity contribution is 6.37. The van der Waals surface area contributed by atoms with Gasteiger partial charge in [0.1, 0.15) is 5.75 Å². The van der Waals surface area contributed by atoms with E-state index in [1.165, 1.54) is 18.2 Å². The number of nitrogen functional groups attached to an aromatic ring is 2. The van der Waals surface area contributed by atoms with Gasteiger partial charge in [-0.25, -0.2) is 0 Å². The van der Waals surface area contributed by atoms with Gasteiger partial charge in [0.2, 0.25) is 0 Å². The minimum Gasteiger partial charge on any atom is -0.492 e. The number of anilines is 2. The van der Waals surface area contributed by atoms with Gasteiger partial charge in [-0.1, -0.05) is 23.2 Å². The smallest absolute Gasteiger partial charge is 0.196 e. The lowest BCUT2D eigenvalue weighted by Gasteiger charge is -2.11. The van der Waals surface area contributed by atoms with Crippen molar-refractivity contribution in [2.24, 2.45) is 0 Å². The summed E-state index contributed by atoms with van der Waals surface area (Å²) in [5.74, 6) is 0.119. The Morgan fingerprint density at radius 2 is 1.81 bits per heavy atom. The highest BCUT2D eigenvalue weighted by Gasteiger charge is 2.18. The van der Waals surface area contributed by atoms with Crippen LogP contribution in [-0.2, 0) is 0 Å². The van der Waals surface area contributed by atoms with Crippen LogP contribution in [0.15, 0.2) is 30.3 Å². The Bertz CT molecular complexity index is 702. The molecule has 0 unspecified atom stereocenters. The quantitative estimate of drug-likeness (QED) is 0.662. The Labute approximate surface area is 132 Å². The third-order valence-corrected chi connectivity index (χ3v) is 3.49. The normalized spacial score (nSPS) is 10.4. The first-order valence-electron chi connectivity index (χ1n) is 6.25. The predicted octanol–water partition coefficient (Wildman–Crippen LogP) is 3.79. The van der Waals surface area contributed by atoms with Gasteiger partial charge in [-0.15, -0.1) is 0 Å². The number of rotatable bonds is 4. The molecule has 0 amide bonds. The number of ketones is 1. The Hall–Kier alpha value is -1.91. The Kier molecular flexibility index (Phi) is 4.60. The third-order valence-electron chi connectivity index (χ3n) is 2.89. The number of ether oxygens (including phenoxy) is 1. The molecule has 2 rings (SSSR count). The molecule has 0 heterocycles. The van der Waals surface area contributed by atoms with Gasteiger partial charge in [0.25, 0.3) is 0 Å². The lowest BCUT2D eigenvalue weighted by molar-refractivity contribution is 0.103. The van der Waals surface area contributed by atoms with E-state index in [1.54, 1.807) is 12.1 Å². The number of carbonyl (C=O) groups excluding carboxylic acids is 1. The van der Waals surface area contributed by atoms with Gasteiger partial charge in [-0.2, -0.15) is 0 Å². The van der Waals surface area contributed by atoms with Crippen LogP contribution in [0.5, 0.6) is 5.75 Å². The van der Waals surface area contributed by atoms with Crippen LogP contribution < -0.4 is 16.2 Å². The maximum atomic E-state index is 12.5. The average molecular weight is 325 g/mol. The fourth-order valence-corrected chi connectivity index (χ4v) is 2.36. The van der Waals surface area contributed by atoms with Crippen LogP contribution in [0.4, 0.5) is 11.4 Å². The fourth-order valence-electron chi connectivity index (χ4n) is 1.90. The van der Waals surface area contributed by atoms with Crippen molar-refractivity contribution in [1.29, 1.82) is 0 Å². The van der Waals surface area contributed by atoms with Crippen LogP contribution in [0, 0.1) is 0 Å². The lowest BCUT2D eigenvalue weighted by atomic mass is 10.0. The van der Waals surface area contributed by atoms with Gasteiger partial charge in [0.05, 0.1) is 16.7 Å². The maximum absolute atomic E-state index is 12.5. The molecular formula is C15H14Cl2N2O2. The van der Waals surface area contributed by atoms with E-state index >= 15 is 0 Å². The number of hydrogen-bond donors (Lipinski definition) is 2. The zero-order valence-electron chi connectivity index (χ0n) is 11.3. The van der Waals surface area contributed by atoms with Crippen LogP contribution in [0.1, 0.15) is 22.8 Å². The monoisotopic (exact) mass is 324 g/mol. The largest absolute Gasteiger partial charge is 0.492 e. The molecule has 0 bridgehead atoms. The van der Waals surface area contributed by atoms with E-state index in [0.29, 0.717) is 34.3 Å². The van der Waals surface area contributed by atoms with Crippen molar-refractivity contribution in [2.45, 2.75) is 6.92 Å². The van der Waals surface area contributed by atoms with Crippen LogP contribution in [0.25, 0.3) is 0 Å². The molecule has 2 aromatic carbocycles. The van der Waals surface area contributed by atoms with Gasteiger partial charge in [-0.3, -0.25) is 4.79 Å². The molecule has 0 aliphatic heterocycles. The Morgan fingerprint density at radius 3 is 2.43 bits per heavy atom. The zero-order chi connectivity index (χ0) is 15.6. The molecular weight excluding hydrogens is 311 g/mol. The summed E-state index contributed by atoms with van der Waals surface area (Å²) in [6.45, 7) is 2.28. The molecule has 0 aliphatic carbocycles. The summed E-state index contributed by atoms with van der Waals surface area (Å²) < 4.78 is 5.33. The molecule has 6 heteroatoms. The van der Waals surface area contributed by atoms with E-state index in [-0.39, 0.29) is 16.4 Å². The van der Waals surface area contributed by atoms with Crippen molar-refractivity contribution in [3.05, 3.63) is 51.5 Å². The number of benzene rings is 2. The highest BCUT2D eigenvalue weighted by Crippen LogP contribution is 2.33. The molecule has 110 valence electrons. The molecule has 0 radical (unpaired) electrons. The van der Waals surface area contributed by atoms with Crippen molar-refractivity contribution >= 4 is 40.4 Å². The third kappa shape index (κ3) is 3.23. The summed E-state index contributed by atoms with van der Waals surface area (Å²) in [6.07, 6.45) is 0. The number of hydrogen-bond acceptors (Lipinski definition) is 4. The van der Waals surface area contributed by atoms with Crippen LogP contribution >= 0.6 is 23.2 Å². The van der Waals surface area contributed by atoms with E-state index < -0.39 is 0 Å². The molecule has 0 saturated carbocycles. The molecule has 0 fully saturated rings. The van der Waals surface area contributed by atoms with Crippen molar-refractivity contribution in [3.8, 4) is 5.75 Å².